The average Bonchev–Trinajstić information content (AvgIpc) is 3.23. The standard InChI is InChI=1S/C24H29FN4O/c1-16-7-8-21(25)20-15-22(28-23(16)20)24(30)27-18-5-2-6-19(14-18)29-12-9-17(10-13-29)4-3-11-26/h2,5-8,14-15,17,28H,3-4,9-13,26H2,1H3,(H,27,30). The van der Waals surface area contributed by atoms with Crippen molar-refractivity contribution in [1.82, 2.24) is 4.98 Å². The maximum absolute atomic E-state index is 14.1. The van der Waals surface area contributed by atoms with Gasteiger partial charge in [-0.3, -0.25) is 4.79 Å². The van der Waals surface area contributed by atoms with Crippen LogP contribution in [0.15, 0.2) is 42.5 Å². The third kappa shape index (κ3) is 4.33. The summed E-state index contributed by atoms with van der Waals surface area (Å²) in [5.74, 6) is 0.156. The van der Waals surface area contributed by atoms with Crippen molar-refractivity contribution < 1.29 is 9.18 Å². The highest BCUT2D eigenvalue weighted by atomic mass is 19.1. The highest BCUT2D eigenvalue weighted by molar-refractivity contribution is 6.06. The Balaban J connectivity index is 1.44. The Morgan fingerprint density at radius 1 is 1.23 bits per heavy atom. The normalized spacial score (nSPS) is 15.0. The van der Waals surface area contributed by atoms with Crippen molar-refractivity contribution in [3.05, 3.63) is 59.5 Å². The number of benzene rings is 2. The van der Waals surface area contributed by atoms with Crippen molar-refractivity contribution in [3.63, 3.8) is 0 Å². The number of nitrogens with two attached hydrogens (primary N) is 1. The van der Waals surface area contributed by atoms with E-state index in [0.717, 1.165) is 48.9 Å². The van der Waals surface area contributed by atoms with E-state index in [1.807, 2.05) is 25.1 Å². The van der Waals surface area contributed by atoms with Crippen LogP contribution >= 0.6 is 0 Å². The molecule has 2 aromatic carbocycles. The molecule has 158 valence electrons. The number of carbonyl (C=O) groups is 1. The fourth-order valence-corrected chi connectivity index (χ4v) is 4.31. The number of anilines is 2. The molecule has 1 aliphatic rings. The topological polar surface area (TPSA) is 74.2 Å². The second kappa shape index (κ2) is 8.88. The number of piperidine rings is 1. The number of H-pyrrole nitrogens is 1. The maximum atomic E-state index is 14.1. The van der Waals surface area contributed by atoms with Gasteiger partial charge in [-0.05, 0) is 81.0 Å². The second-order valence-corrected chi connectivity index (χ2v) is 8.20. The Bertz CT molecular complexity index is 998. The number of halogens is 1. The number of rotatable bonds is 6. The maximum Gasteiger partial charge on any atom is 0.272 e. The molecule has 1 fully saturated rings. The minimum atomic E-state index is -0.331. The van der Waals surface area contributed by atoms with Gasteiger partial charge < -0.3 is 20.9 Å². The molecule has 4 rings (SSSR count). The first-order valence-corrected chi connectivity index (χ1v) is 10.7. The third-order valence-corrected chi connectivity index (χ3v) is 6.09. The van der Waals surface area contributed by atoms with E-state index in [-0.39, 0.29) is 11.7 Å². The largest absolute Gasteiger partial charge is 0.371 e. The molecule has 1 amide bonds. The molecule has 0 saturated carbocycles. The lowest BCUT2D eigenvalue weighted by Gasteiger charge is -2.33. The number of nitrogens with zero attached hydrogens (tertiary/aromatic N) is 1. The van der Waals surface area contributed by atoms with Gasteiger partial charge in [0.2, 0.25) is 0 Å². The predicted octanol–water partition coefficient (Wildman–Crippen LogP) is 4.82. The molecule has 2 heterocycles. The molecular weight excluding hydrogens is 379 g/mol. The van der Waals surface area contributed by atoms with E-state index in [2.05, 4.69) is 21.3 Å². The Morgan fingerprint density at radius 2 is 2.03 bits per heavy atom. The predicted molar refractivity (Wildman–Crippen MR) is 121 cm³/mol. The van der Waals surface area contributed by atoms with Crippen LogP contribution in [0.4, 0.5) is 15.8 Å². The molecule has 0 spiro atoms. The minimum Gasteiger partial charge on any atom is -0.371 e. The number of aromatic amines is 1. The first-order chi connectivity index (χ1) is 14.5. The molecule has 1 saturated heterocycles. The summed E-state index contributed by atoms with van der Waals surface area (Å²) in [6.45, 7) is 4.70. The van der Waals surface area contributed by atoms with E-state index >= 15 is 0 Å². The summed E-state index contributed by atoms with van der Waals surface area (Å²) >= 11 is 0. The van der Waals surface area contributed by atoms with E-state index < -0.39 is 0 Å². The quantitative estimate of drug-likeness (QED) is 0.547. The average molecular weight is 409 g/mol. The fraction of sp³-hybridized carbons (Fsp3) is 0.375. The summed E-state index contributed by atoms with van der Waals surface area (Å²) in [5, 5.41) is 3.38. The molecule has 0 bridgehead atoms. The number of hydrogen-bond donors (Lipinski definition) is 3. The van der Waals surface area contributed by atoms with Crippen molar-refractivity contribution in [2.24, 2.45) is 11.7 Å². The monoisotopic (exact) mass is 408 g/mol. The lowest BCUT2D eigenvalue weighted by Crippen LogP contribution is -2.33. The molecular formula is C24H29FN4O. The lowest BCUT2D eigenvalue weighted by atomic mass is 9.92. The van der Waals surface area contributed by atoms with E-state index in [1.165, 1.54) is 25.3 Å². The summed E-state index contributed by atoms with van der Waals surface area (Å²) in [6, 6.07) is 12.6. The summed E-state index contributed by atoms with van der Waals surface area (Å²) in [6.07, 6.45) is 4.67. The van der Waals surface area contributed by atoms with Gasteiger partial charge in [0.15, 0.2) is 0 Å². The van der Waals surface area contributed by atoms with Gasteiger partial charge in [0.25, 0.3) is 5.91 Å². The number of aryl methyl sites for hydroxylation is 1. The molecule has 1 aliphatic heterocycles. The third-order valence-electron chi connectivity index (χ3n) is 6.09. The van der Waals surface area contributed by atoms with Crippen molar-refractivity contribution >= 4 is 28.2 Å². The number of fused-ring (bicyclic) bond motifs is 1. The van der Waals surface area contributed by atoms with Gasteiger partial charge in [0.1, 0.15) is 11.5 Å². The van der Waals surface area contributed by atoms with Gasteiger partial charge in [0, 0.05) is 29.9 Å². The zero-order valence-corrected chi connectivity index (χ0v) is 17.4. The van der Waals surface area contributed by atoms with Gasteiger partial charge in [0.05, 0.1) is 5.52 Å². The van der Waals surface area contributed by atoms with Gasteiger partial charge in [-0.15, -0.1) is 0 Å². The smallest absolute Gasteiger partial charge is 0.272 e. The molecule has 0 atom stereocenters. The Labute approximate surface area is 176 Å². The zero-order valence-electron chi connectivity index (χ0n) is 17.4. The Morgan fingerprint density at radius 3 is 2.77 bits per heavy atom. The van der Waals surface area contributed by atoms with Crippen LogP contribution in [-0.2, 0) is 0 Å². The number of carbonyl (C=O) groups excluding carboxylic acids is 1. The van der Waals surface area contributed by atoms with Crippen LogP contribution in [0.2, 0.25) is 0 Å². The van der Waals surface area contributed by atoms with Gasteiger partial charge >= 0.3 is 0 Å². The number of nitrogens with one attached hydrogen (secondary N) is 2. The second-order valence-electron chi connectivity index (χ2n) is 8.20. The summed E-state index contributed by atoms with van der Waals surface area (Å²) in [4.78, 5) is 18.2. The lowest BCUT2D eigenvalue weighted by molar-refractivity contribution is 0.102. The van der Waals surface area contributed by atoms with Crippen molar-refractivity contribution in [2.45, 2.75) is 32.6 Å². The van der Waals surface area contributed by atoms with Crippen LogP contribution < -0.4 is 16.0 Å². The van der Waals surface area contributed by atoms with Gasteiger partial charge in [-0.25, -0.2) is 4.39 Å². The molecule has 1 aromatic heterocycles. The molecule has 3 aromatic rings. The molecule has 0 radical (unpaired) electrons. The summed E-state index contributed by atoms with van der Waals surface area (Å²) in [5.41, 5.74) is 9.40. The van der Waals surface area contributed by atoms with Crippen LogP contribution in [-0.4, -0.2) is 30.5 Å². The molecule has 30 heavy (non-hydrogen) atoms. The van der Waals surface area contributed by atoms with Crippen molar-refractivity contribution in [3.8, 4) is 0 Å². The Kier molecular flexibility index (Phi) is 6.04. The molecule has 6 heteroatoms. The summed E-state index contributed by atoms with van der Waals surface area (Å²) < 4.78 is 14.1. The van der Waals surface area contributed by atoms with E-state index in [4.69, 9.17) is 5.73 Å². The number of hydrogen-bond acceptors (Lipinski definition) is 3. The Hall–Kier alpha value is -2.86. The first kappa shape index (κ1) is 20.4. The van der Waals surface area contributed by atoms with Crippen molar-refractivity contribution in [2.75, 3.05) is 29.9 Å². The zero-order chi connectivity index (χ0) is 21.1. The highest BCUT2D eigenvalue weighted by Crippen LogP contribution is 2.28. The van der Waals surface area contributed by atoms with Crippen LogP contribution in [0.25, 0.3) is 10.9 Å². The molecule has 4 N–H and O–H groups in total. The summed E-state index contributed by atoms with van der Waals surface area (Å²) in [7, 11) is 0. The van der Waals surface area contributed by atoms with E-state index in [0.29, 0.717) is 16.6 Å². The van der Waals surface area contributed by atoms with Crippen LogP contribution in [0.3, 0.4) is 0 Å². The SMILES string of the molecule is Cc1ccc(F)c2cc(C(=O)Nc3cccc(N4CCC(CCCN)CC4)c3)[nH]c12. The van der Waals surface area contributed by atoms with Gasteiger partial charge in [-0.1, -0.05) is 12.1 Å². The number of aromatic nitrogens is 1. The van der Waals surface area contributed by atoms with Gasteiger partial charge in [-0.2, -0.15) is 0 Å². The van der Waals surface area contributed by atoms with Crippen LogP contribution in [0.5, 0.6) is 0 Å². The van der Waals surface area contributed by atoms with Crippen LogP contribution in [0.1, 0.15) is 41.7 Å². The number of amides is 1. The highest BCUT2D eigenvalue weighted by Gasteiger charge is 2.19. The van der Waals surface area contributed by atoms with Crippen molar-refractivity contribution in [1.29, 1.82) is 0 Å². The molecule has 0 aliphatic carbocycles. The van der Waals surface area contributed by atoms with Crippen LogP contribution in [0, 0.1) is 18.7 Å². The van der Waals surface area contributed by atoms with E-state index in [9.17, 15) is 9.18 Å². The molecule has 0 unspecified atom stereocenters. The molecule has 5 nitrogen and oxygen atoms in total. The van der Waals surface area contributed by atoms with E-state index in [1.54, 1.807) is 12.1 Å². The minimum absolute atomic E-state index is 0.275. The fourth-order valence-electron chi connectivity index (χ4n) is 4.31. The first-order valence-electron chi connectivity index (χ1n) is 10.7.